The fourth-order valence-corrected chi connectivity index (χ4v) is 9.53. The Balaban J connectivity index is 1.12. The summed E-state index contributed by atoms with van der Waals surface area (Å²) in [5.74, 6) is 0. The highest BCUT2D eigenvalue weighted by molar-refractivity contribution is 7.25. The molecule has 1 heterocycles. The molecule has 0 unspecified atom stereocenters. The van der Waals surface area contributed by atoms with Crippen LogP contribution in [0.15, 0.2) is 145 Å². The van der Waals surface area contributed by atoms with Crippen LogP contribution in [0.1, 0.15) is 54.5 Å². The van der Waals surface area contributed by atoms with E-state index in [0.717, 1.165) is 12.8 Å². The van der Waals surface area contributed by atoms with E-state index in [-0.39, 0.29) is 5.41 Å². The van der Waals surface area contributed by atoms with Crippen LogP contribution >= 0.6 is 11.3 Å². The molecule has 2 aliphatic rings. The van der Waals surface area contributed by atoms with Crippen LogP contribution in [0.2, 0.25) is 0 Å². The second kappa shape index (κ2) is 11.5. The third kappa shape index (κ3) is 4.89. The predicted molar refractivity (Wildman–Crippen MR) is 212 cm³/mol. The zero-order valence-electron chi connectivity index (χ0n) is 28.5. The highest BCUT2D eigenvalue weighted by atomic mass is 32.1. The van der Waals surface area contributed by atoms with Crippen LogP contribution in [-0.4, -0.2) is 0 Å². The first-order valence-corrected chi connectivity index (χ1v) is 18.2. The molecular weight excluding hydrogens is 611 g/mol. The normalized spacial score (nSPS) is 14.8. The lowest BCUT2D eigenvalue weighted by molar-refractivity contribution is 0.659. The maximum absolute atomic E-state index is 2.45. The lowest BCUT2D eigenvalue weighted by atomic mass is 9.81. The van der Waals surface area contributed by atoms with E-state index in [0.29, 0.717) is 0 Å². The average molecular weight is 650 g/mol. The van der Waals surface area contributed by atoms with Crippen molar-refractivity contribution in [3.8, 4) is 22.3 Å². The van der Waals surface area contributed by atoms with Gasteiger partial charge in [-0.3, -0.25) is 0 Å². The summed E-state index contributed by atoms with van der Waals surface area (Å²) in [7, 11) is 0. The summed E-state index contributed by atoms with van der Waals surface area (Å²) in [5, 5.41) is 2.75. The Morgan fingerprint density at radius 3 is 2.18 bits per heavy atom. The van der Waals surface area contributed by atoms with Crippen molar-refractivity contribution in [3.05, 3.63) is 173 Å². The van der Waals surface area contributed by atoms with Gasteiger partial charge < -0.3 is 4.90 Å². The smallest absolute Gasteiger partial charge is 0.0464 e. The molecule has 0 saturated carbocycles. The third-order valence-electron chi connectivity index (χ3n) is 10.7. The van der Waals surface area contributed by atoms with E-state index in [2.05, 4.69) is 172 Å². The molecule has 0 fully saturated rings. The summed E-state index contributed by atoms with van der Waals surface area (Å²) < 4.78 is 2.72. The van der Waals surface area contributed by atoms with Crippen molar-refractivity contribution in [3.63, 3.8) is 0 Å². The Bertz CT molecular complexity index is 2490. The van der Waals surface area contributed by atoms with Crippen LogP contribution in [0, 0.1) is 13.8 Å². The lowest BCUT2D eigenvalue weighted by Gasteiger charge is -2.30. The number of hydrogen-bond donors (Lipinski definition) is 0. The first kappa shape index (κ1) is 29.9. The summed E-state index contributed by atoms with van der Waals surface area (Å²) in [4.78, 5) is 2.45. The van der Waals surface area contributed by atoms with Crippen molar-refractivity contribution in [2.45, 2.75) is 46.0 Å². The van der Waals surface area contributed by atoms with E-state index in [1.165, 1.54) is 92.9 Å². The predicted octanol–water partition coefficient (Wildman–Crippen LogP) is 13.5. The van der Waals surface area contributed by atoms with E-state index < -0.39 is 0 Å². The number of rotatable bonds is 5. The van der Waals surface area contributed by atoms with Gasteiger partial charge in [0.25, 0.3) is 0 Å². The number of aryl methyl sites for hydroxylation is 2. The molecular formula is C47H39NS. The van der Waals surface area contributed by atoms with E-state index in [9.17, 15) is 0 Å². The van der Waals surface area contributed by atoms with Gasteiger partial charge in [-0.25, -0.2) is 0 Å². The molecule has 0 bridgehead atoms. The molecule has 0 aliphatic heterocycles. The van der Waals surface area contributed by atoms with Gasteiger partial charge >= 0.3 is 0 Å². The molecule has 0 N–H and O–H groups in total. The molecule has 0 atom stereocenters. The Morgan fingerprint density at radius 1 is 0.592 bits per heavy atom. The number of allylic oxidation sites excluding steroid dienone is 4. The zero-order chi connectivity index (χ0) is 33.3. The van der Waals surface area contributed by atoms with Gasteiger partial charge in [0.05, 0.1) is 0 Å². The van der Waals surface area contributed by atoms with Crippen molar-refractivity contribution in [2.75, 3.05) is 4.90 Å². The lowest BCUT2D eigenvalue weighted by Crippen LogP contribution is -2.18. The molecule has 7 aromatic rings. The number of nitrogens with zero attached hydrogens (tertiary/aromatic N) is 1. The number of thiophene rings is 1. The van der Waals surface area contributed by atoms with Gasteiger partial charge in [0.2, 0.25) is 0 Å². The van der Waals surface area contributed by atoms with Gasteiger partial charge in [0.15, 0.2) is 0 Å². The number of anilines is 2. The molecule has 0 radical (unpaired) electrons. The van der Waals surface area contributed by atoms with Crippen molar-refractivity contribution >= 4 is 48.5 Å². The number of benzene rings is 6. The van der Waals surface area contributed by atoms with Crippen LogP contribution in [0.3, 0.4) is 0 Å². The Hall–Kier alpha value is -5.18. The number of fused-ring (bicyclic) bond motifs is 6. The minimum absolute atomic E-state index is 0.00614. The molecule has 0 amide bonds. The minimum Gasteiger partial charge on any atom is -0.314 e. The second-order valence-electron chi connectivity index (χ2n) is 14.2. The molecule has 49 heavy (non-hydrogen) atoms. The van der Waals surface area contributed by atoms with E-state index in [1.54, 1.807) is 0 Å². The largest absolute Gasteiger partial charge is 0.314 e. The fourth-order valence-electron chi connectivity index (χ4n) is 8.40. The van der Waals surface area contributed by atoms with Crippen LogP contribution in [0.4, 0.5) is 11.4 Å². The quantitative estimate of drug-likeness (QED) is 0.179. The van der Waals surface area contributed by atoms with Crippen molar-refractivity contribution in [1.29, 1.82) is 0 Å². The van der Waals surface area contributed by atoms with Crippen LogP contribution in [-0.2, 0) is 5.41 Å². The van der Waals surface area contributed by atoms with Gasteiger partial charge in [0.1, 0.15) is 0 Å². The van der Waals surface area contributed by atoms with Gasteiger partial charge in [-0.05, 0) is 125 Å². The average Bonchev–Trinajstić information content (AvgIpc) is 3.61. The van der Waals surface area contributed by atoms with Crippen molar-refractivity contribution in [2.24, 2.45) is 0 Å². The SMILES string of the molecule is Cc1cc(C)c2c(c1)C(C)(C)c1ccc(-c3cccc(N(C4=CC=C(c5cccc6sc7ccccc7c56)CC4)c4ccccc4)c3)cc1-2. The maximum atomic E-state index is 2.45. The van der Waals surface area contributed by atoms with Crippen LogP contribution < -0.4 is 4.90 Å². The third-order valence-corrected chi connectivity index (χ3v) is 11.9. The summed E-state index contributed by atoms with van der Waals surface area (Å²) in [6.45, 7) is 9.22. The Morgan fingerprint density at radius 2 is 1.35 bits per heavy atom. The summed E-state index contributed by atoms with van der Waals surface area (Å²) in [6.07, 6.45) is 6.68. The molecule has 0 spiro atoms. The highest BCUT2D eigenvalue weighted by Gasteiger charge is 2.36. The zero-order valence-corrected chi connectivity index (χ0v) is 29.4. The van der Waals surface area contributed by atoms with Crippen molar-refractivity contribution in [1.82, 2.24) is 0 Å². The molecule has 238 valence electrons. The second-order valence-corrected chi connectivity index (χ2v) is 15.3. The molecule has 1 nitrogen and oxygen atoms in total. The summed E-state index contributed by atoms with van der Waals surface area (Å²) in [5.41, 5.74) is 17.3. The minimum atomic E-state index is -0.00614. The van der Waals surface area contributed by atoms with Gasteiger partial charge in [-0.15, -0.1) is 11.3 Å². The first-order valence-electron chi connectivity index (χ1n) is 17.4. The van der Waals surface area contributed by atoms with Gasteiger partial charge in [-0.1, -0.05) is 110 Å². The summed E-state index contributed by atoms with van der Waals surface area (Å²) >= 11 is 1.89. The standard InChI is InChI=1S/C47H39NS/c1-30-26-31(2)45-40-29-34(22-25-41(40)47(3,4)42(45)27-30)33-12-10-15-37(28-33)48(35-13-6-5-7-14-35)36-23-20-32(21-24-36)38-17-11-19-44-46(38)39-16-8-9-18-43(39)49-44/h5-20,22-23,25-29H,21,24H2,1-4H3. The van der Waals surface area contributed by atoms with Crippen LogP contribution in [0.25, 0.3) is 48.0 Å². The number of hydrogen-bond acceptors (Lipinski definition) is 2. The first-order chi connectivity index (χ1) is 23.9. The van der Waals surface area contributed by atoms with Crippen molar-refractivity contribution < 1.29 is 0 Å². The fraction of sp³-hybridized carbons (Fsp3) is 0.149. The maximum Gasteiger partial charge on any atom is 0.0464 e. The molecule has 6 aromatic carbocycles. The molecule has 1 aromatic heterocycles. The van der Waals surface area contributed by atoms with Gasteiger partial charge in [0, 0.05) is 42.7 Å². The van der Waals surface area contributed by atoms with Gasteiger partial charge in [-0.2, -0.15) is 0 Å². The topological polar surface area (TPSA) is 3.24 Å². The monoisotopic (exact) mass is 649 g/mol. The Labute approximate surface area is 293 Å². The molecule has 2 heteroatoms. The molecule has 9 rings (SSSR count). The Kier molecular flexibility index (Phi) is 7.00. The number of para-hydroxylation sites is 1. The summed E-state index contributed by atoms with van der Waals surface area (Å²) in [6, 6.07) is 47.4. The highest BCUT2D eigenvalue weighted by Crippen LogP contribution is 2.51. The molecule has 2 aliphatic carbocycles. The van der Waals surface area contributed by atoms with Crippen LogP contribution in [0.5, 0.6) is 0 Å². The van der Waals surface area contributed by atoms with E-state index in [4.69, 9.17) is 0 Å². The van der Waals surface area contributed by atoms with E-state index >= 15 is 0 Å². The molecule has 0 saturated heterocycles. The van der Waals surface area contributed by atoms with E-state index in [1.807, 2.05) is 11.3 Å².